The fourth-order valence-electron chi connectivity index (χ4n) is 9.22. The highest BCUT2D eigenvalue weighted by molar-refractivity contribution is 6.01. The van der Waals surface area contributed by atoms with Gasteiger partial charge in [-0.2, -0.15) is 0 Å². The Kier molecular flexibility index (Phi) is 10.5. The molecule has 0 saturated carbocycles. The lowest BCUT2D eigenvalue weighted by atomic mass is 9.71. The van der Waals surface area contributed by atoms with E-state index in [0.717, 1.165) is 73.4 Å². The third-order valence-electron chi connectivity index (χ3n) is 12.5. The Bertz CT molecular complexity index is 1990. The van der Waals surface area contributed by atoms with Crippen LogP contribution in [0.2, 0.25) is 0 Å². The molecule has 0 bridgehead atoms. The molecule has 2 unspecified atom stereocenters. The molecule has 8 rings (SSSR count). The zero-order valence-electron chi connectivity index (χ0n) is 31.4. The van der Waals surface area contributed by atoms with E-state index in [1.807, 2.05) is 71.6 Å². The van der Waals surface area contributed by atoms with Gasteiger partial charge in [0.15, 0.2) is 0 Å². The number of hydrogen-bond donors (Lipinski definition) is 2. The first-order chi connectivity index (χ1) is 26.7. The number of imide groups is 1. The number of nitrogens with two attached hydrogens (primary N) is 1. The number of pyridine rings is 1. The quantitative estimate of drug-likeness (QED) is 0.212. The Labute approximate surface area is 323 Å². The summed E-state index contributed by atoms with van der Waals surface area (Å²) in [4.78, 5) is 61.1. The first-order valence-electron chi connectivity index (χ1n) is 19.8. The third-order valence-corrected chi connectivity index (χ3v) is 12.5. The minimum atomic E-state index is -0.598. The van der Waals surface area contributed by atoms with E-state index in [1.165, 1.54) is 31.6 Å². The molecule has 10 nitrogen and oxygen atoms in total. The van der Waals surface area contributed by atoms with E-state index in [9.17, 15) is 19.2 Å². The SMILES string of the molecule is NC(=O)C(c1ccccc1)c1ccc(-c2ccc(CC(=O)N3CCC(CN4CC5(CCN(c6ccc(C7CCC(=O)NC7=O)cc6)CC5)C4)CC3)cc2)cn1. The molecular weight excluding hydrogens is 689 g/mol. The van der Waals surface area contributed by atoms with Gasteiger partial charge < -0.3 is 20.4 Å². The van der Waals surface area contributed by atoms with E-state index in [1.54, 1.807) is 6.20 Å². The number of hydrogen-bond acceptors (Lipinski definition) is 7. The molecule has 1 aromatic heterocycles. The summed E-state index contributed by atoms with van der Waals surface area (Å²) in [5.41, 5.74) is 12.7. The average molecular weight is 739 g/mol. The lowest BCUT2D eigenvalue weighted by molar-refractivity contribution is -0.134. The standard InChI is InChI=1S/C45H50N6O4/c46-43(54)42(35-4-2-1-3-5-35)39-16-12-36(27-47-39)33-8-6-31(7-9-33)26-41(53)51-22-18-32(19-23-51)28-49-29-45(30-49)20-24-50(25-21-45)37-13-10-34(11-14-37)38-15-17-40(52)48-44(38)55/h1-14,16,27,32,38,42H,15,17-26,28-30H2,(H2,46,54)(H,48,52,55). The van der Waals surface area contributed by atoms with Crippen LogP contribution < -0.4 is 16.0 Å². The molecule has 4 aliphatic rings. The van der Waals surface area contributed by atoms with Crippen LogP contribution in [0.4, 0.5) is 5.69 Å². The largest absolute Gasteiger partial charge is 0.371 e. The molecule has 4 saturated heterocycles. The van der Waals surface area contributed by atoms with Crippen molar-refractivity contribution in [1.29, 1.82) is 0 Å². The minimum Gasteiger partial charge on any atom is -0.371 e. The van der Waals surface area contributed by atoms with Crippen molar-refractivity contribution >= 4 is 29.3 Å². The minimum absolute atomic E-state index is 0.177. The Morgan fingerprint density at radius 3 is 2.15 bits per heavy atom. The Morgan fingerprint density at radius 1 is 0.818 bits per heavy atom. The van der Waals surface area contributed by atoms with Crippen LogP contribution in [0.1, 0.15) is 72.7 Å². The van der Waals surface area contributed by atoms with Crippen LogP contribution in [-0.2, 0) is 25.6 Å². The molecule has 5 heterocycles. The van der Waals surface area contributed by atoms with E-state index in [4.69, 9.17) is 5.73 Å². The number of carbonyl (C=O) groups is 4. The molecule has 10 heteroatoms. The van der Waals surface area contributed by atoms with Gasteiger partial charge in [0.2, 0.25) is 23.6 Å². The van der Waals surface area contributed by atoms with Crippen LogP contribution in [0.15, 0.2) is 97.2 Å². The van der Waals surface area contributed by atoms with E-state index in [0.29, 0.717) is 36.3 Å². The average Bonchev–Trinajstić information content (AvgIpc) is 3.19. The van der Waals surface area contributed by atoms with Crippen molar-refractivity contribution in [3.8, 4) is 11.1 Å². The Morgan fingerprint density at radius 2 is 1.51 bits per heavy atom. The molecule has 284 valence electrons. The fraction of sp³-hybridized carbons (Fsp3) is 0.400. The van der Waals surface area contributed by atoms with Gasteiger partial charge in [-0.1, -0.05) is 72.8 Å². The van der Waals surface area contributed by atoms with Crippen molar-refractivity contribution in [2.24, 2.45) is 17.1 Å². The van der Waals surface area contributed by atoms with Crippen LogP contribution in [0.25, 0.3) is 11.1 Å². The molecule has 4 aromatic rings. The number of rotatable bonds is 10. The van der Waals surface area contributed by atoms with Crippen LogP contribution in [0.3, 0.4) is 0 Å². The molecule has 3 N–H and O–H groups in total. The predicted octanol–water partition coefficient (Wildman–Crippen LogP) is 5.27. The van der Waals surface area contributed by atoms with Crippen molar-refractivity contribution < 1.29 is 19.2 Å². The highest BCUT2D eigenvalue weighted by atomic mass is 16.2. The first-order valence-corrected chi connectivity index (χ1v) is 19.8. The number of primary amides is 1. The summed E-state index contributed by atoms with van der Waals surface area (Å²) in [6.07, 6.45) is 7.66. The first kappa shape index (κ1) is 36.6. The summed E-state index contributed by atoms with van der Waals surface area (Å²) >= 11 is 0. The molecule has 2 atom stereocenters. The number of likely N-dealkylation sites (tertiary alicyclic amines) is 2. The fourth-order valence-corrected chi connectivity index (χ4v) is 9.22. The van der Waals surface area contributed by atoms with E-state index >= 15 is 0 Å². The van der Waals surface area contributed by atoms with Crippen molar-refractivity contribution in [1.82, 2.24) is 20.1 Å². The molecule has 4 aliphatic heterocycles. The number of piperidine rings is 3. The number of amides is 4. The van der Waals surface area contributed by atoms with Crippen LogP contribution >= 0.6 is 0 Å². The van der Waals surface area contributed by atoms with Gasteiger partial charge in [0.05, 0.1) is 18.0 Å². The van der Waals surface area contributed by atoms with Gasteiger partial charge in [-0.05, 0) is 83.9 Å². The van der Waals surface area contributed by atoms with Gasteiger partial charge in [-0.3, -0.25) is 29.5 Å². The monoisotopic (exact) mass is 738 g/mol. The van der Waals surface area contributed by atoms with Gasteiger partial charge >= 0.3 is 0 Å². The number of nitrogens with one attached hydrogen (secondary N) is 1. The molecule has 4 fully saturated rings. The molecule has 4 amide bonds. The lowest BCUT2D eigenvalue weighted by Gasteiger charge is -2.55. The summed E-state index contributed by atoms with van der Waals surface area (Å²) < 4.78 is 0. The maximum atomic E-state index is 13.3. The van der Waals surface area contributed by atoms with Gasteiger partial charge in [-0.25, -0.2) is 0 Å². The predicted molar refractivity (Wildman–Crippen MR) is 212 cm³/mol. The zero-order chi connectivity index (χ0) is 37.9. The van der Waals surface area contributed by atoms with Crippen molar-refractivity contribution in [3.05, 3.63) is 120 Å². The van der Waals surface area contributed by atoms with Crippen molar-refractivity contribution in [2.45, 2.75) is 56.8 Å². The normalized spacial score (nSPS) is 20.8. The molecule has 0 aliphatic carbocycles. The van der Waals surface area contributed by atoms with E-state index in [2.05, 4.69) is 44.4 Å². The van der Waals surface area contributed by atoms with Gasteiger partial charge in [0.25, 0.3) is 0 Å². The second kappa shape index (κ2) is 15.8. The number of carbonyl (C=O) groups excluding carboxylic acids is 4. The smallest absolute Gasteiger partial charge is 0.234 e. The molecular formula is C45H50N6O4. The maximum absolute atomic E-state index is 13.3. The highest BCUT2D eigenvalue weighted by Gasteiger charge is 2.45. The summed E-state index contributed by atoms with van der Waals surface area (Å²) in [6.45, 7) is 7.22. The lowest BCUT2D eigenvalue weighted by Crippen LogP contribution is -2.61. The number of nitrogens with zero attached hydrogens (tertiary/aromatic N) is 4. The summed E-state index contributed by atoms with van der Waals surface area (Å²) in [7, 11) is 0. The second-order valence-electron chi connectivity index (χ2n) is 16.2. The number of benzene rings is 3. The summed E-state index contributed by atoms with van der Waals surface area (Å²) in [5.74, 6) is -0.805. The van der Waals surface area contributed by atoms with E-state index < -0.39 is 11.8 Å². The van der Waals surface area contributed by atoms with Crippen molar-refractivity contribution in [3.63, 3.8) is 0 Å². The highest BCUT2D eigenvalue weighted by Crippen LogP contribution is 2.42. The van der Waals surface area contributed by atoms with Gasteiger partial charge in [0.1, 0.15) is 5.92 Å². The summed E-state index contributed by atoms with van der Waals surface area (Å²) in [5, 5.41) is 2.47. The van der Waals surface area contributed by atoms with Gasteiger partial charge in [0, 0.05) is 69.7 Å². The Hall–Kier alpha value is -5.35. The third kappa shape index (κ3) is 8.20. The maximum Gasteiger partial charge on any atom is 0.234 e. The Balaban J connectivity index is 0.751. The molecule has 55 heavy (non-hydrogen) atoms. The van der Waals surface area contributed by atoms with Crippen LogP contribution in [-0.4, -0.2) is 84.2 Å². The van der Waals surface area contributed by atoms with Crippen LogP contribution in [0, 0.1) is 11.3 Å². The zero-order valence-corrected chi connectivity index (χ0v) is 31.4. The van der Waals surface area contributed by atoms with Gasteiger partial charge in [-0.15, -0.1) is 0 Å². The number of aromatic nitrogens is 1. The van der Waals surface area contributed by atoms with E-state index in [-0.39, 0.29) is 23.6 Å². The second-order valence-corrected chi connectivity index (χ2v) is 16.2. The summed E-state index contributed by atoms with van der Waals surface area (Å²) in [6, 6.07) is 29.8. The van der Waals surface area contributed by atoms with Crippen LogP contribution in [0.5, 0.6) is 0 Å². The molecule has 3 aromatic carbocycles. The molecule has 1 spiro atoms. The number of anilines is 1. The topological polar surface area (TPSA) is 129 Å². The molecule has 0 radical (unpaired) electrons. The van der Waals surface area contributed by atoms with Crippen molar-refractivity contribution in [2.75, 3.05) is 50.7 Å².